The third-order valence-electron chi connectivity index (χ3n) is 3.91. The van der Waals surface area contributed by atoms with E-state index in [4.69, 9.17) is 0 Å². The SMILES string of the molecule is O=C(CNc1cccc(C(F)(F)F)c1)N[C@H](c1ccccc1)c1cccs1. The van der Waals surface area contributed by atoms with Gasteiger partial charge in [0.25, 0.3) is 0 Å². The average Bonchev–Trinajstić information content (AvgIpc) is 3.19. The molecule has 2 N–H and O–H groups in total. The smallest absolute Gasteiger partial charge is 0.376 e. The first-order chi connectivity index (χ1) is 12.9. The summed E-state index contributed by atoms with van der Waals surface area (Å²) in [5.41, 5.74) is 0.424. The van der Waals surface area contributed by atoms with Crippen LogP contribution in [0.5, 0.6) is 0 Å². The summed E-state index contributed by atoms with van der Waals surface area (Å²) in [7, 11) is 0. The van der Waals surface area contributed by atoms with Crippen molar-refractivity contribution >= 4 is 22.9 Å². The molecule has 3 nitrogen and oxygen atoms in total. The van der Waals surface area contributed by atoms with Crippen LogP contribution in [-0.4, -0.2) is 12.5 Å². The molecule has 1 amide bonds. The molecule has 0 bridgehead atoms. The van der Waals surface area contributed by atoms with Gasteiger partial charge in [-0.1, -0.05) is 42.5 Å². The van der Waals surface area contributed by atoms with E-state index in [1.165, 1.54) is 23.5 Å². The first-order valence-electron chi connectivity index (χ1n) is 8.22. The fourth-order valence-electron chi connectivity index (χ4n) is 2.62. The zero-order valence-electron chi connectivity index (χ0n) is 14.2. The van der Waals surface area contributed by atoms with Crippen molar-refractivity contribution in [3.8, 4) is 0 Å². The van der Waals surface area contributed by atoms with Gasteiger partial charge in [0.15, 0.2) is 0 Å². The minimum absolute atomic E-state index is 0.129. The molecule has 2 aromatic carbocycles. The maximum Gasteiger partial charge on any atom is 0.416 e. The van der Waals surface area contributed by atoms with Crippen molar-refractivity contribution in [2.45, 2.75) is 12.2 Å². The molecule has 0 aliphatic rings. The van der Waals surface area contributed by atoms with Crippen molar-refractivity contribution in [3.05, 3.63) is 88.1 Å². The number of nitrogens with one attached hydrogen (secondary N) is 2. The van der Waals surface area contributed by atoms with Gasteiger partial charge in [0.05, 0.1) is 18.2 Å². The molecule has 0 unspecified atom stereocenters. The van der Waals surface area contributed by atoms with Crippen molar-refractivity contribution in [2.75, 3.05) is 11.9 Å². The maximum absolute atomic E-state index is 12.8. The Morgan fingerprint density at radius 2 is 1.78 bits per heavy atom. The first kappa shape index (κ1) is 19.0. The Morgan fingerprint density at radius 1 is 1.00 bits per heavy atom. The first-order valence-corrected chi connectivity index (χ1v) is 9.10. The van der Waals surface area contributed by atoms with Gasteiger partial charge in [0.1, 0.15) is 0 Å². The highest BCUT2D eigenvalue weighted by molar-refractivity contribution is 7.10. The number of carbonyl (C=O) groups is 1. The lowest BCUT2D eigenvalue weighted by atomic mass is 10.1. The molecule has 7 heteroatoms. The molecule has 1 heterocycles. The Labute approximate surface area is 158 Å². The van der Waals surface area contributed by atoms with Gasteiger partial charge in [-0.05, 0) is 35.2 Å². The summed E-state index contributed by atoms with van der Waals surface area (Å²) < 4.78 is 38.3. The average molecular weight is 390 g/mol. The molecule has 0 saturated heterocycles. The lowest BCUT2D eigenvalue weighted by Gasteiger charge is -2.18. The number of amides is 1. The fraction of sp³-hybridized carbons (Fsp3) is 0.150. The van der Waals surface area contributed by atoms with Crippen LogP contribution in [0.1, 0.15) is 22.0 Å². The van der Waals surface area contributed by atoms with E-state index in [9.17, 15) is 18.0 Å². The number of carbonyl (C=O) groups excluding carboxylic acids is 1. The minimum Gasteiger partial charge on any atom is -0.376 e. The molecule has 27 heavy (non-hydrogen) atoms. The number of halogens is 3. The Morgan fingerprint density at radius 3 is 2.44 bits per heavy atom. The third-order valence-corrected chi connectivity index (χ3v) is 4.85. The highest BCUT2D eigenvalue weighted by Crippen LogP contribution is 2.30. The standard InChI is InChI=1S/C20H17F3N2OS/c21-20(22,23)15-8-4-9-16(12-15)24-13-18(26)25-19(17-10-5-11-27-17)14-6-2-1-3-7-14/h1-12,19,24H,13H2,(H,25,26)/t19-/m1/s1. The summed E-state index contributed by atoms with van der Waals surface area (Å²) in [5, 5.41) is 7.62. The van der Waals surface area contributed by atoms with E-state index in [2.05, 4.69) is 10.6 Å². The van der Waals surface area contributed by atoms with E-state index in [0.29, 0.717) is 0 Å². The van der Waals surface area contributed by atoms with Crippen LogP contribution in [-0.2, 0) is 11.0 Å². The molecule has 140 valence electrons. The molecule has 0 saturated carbocycles. The van der Waals surface area contributed by atoms with Crippen LogP contribution in [0.25, 0.3) is 0 Å². The number of benzene rings is 2. The van der Waals surface area contributed by atoms with E-state index >= 15 is 0 Å². The van der Waals surface area contributed by atoms with Gasteiger partial charge in [0.2, 0.25) is 5.91 Å². The molecule has 0 aliphatic heterocycles. The Balaban J connectivity index is 1.67. The highest BCUT2D eigenvalue weighted by atomic mass is 32.1. The molecular formula is C20H17F3N2OS. The zero-order chi connectivity index (χ0) is 19.3. The fourth-order valence-corrected chi connectivity index (χ4v) is 3.42. The third kappa shape index (κ3) is 5.10. The number of anilines is 1. The second-order valence-electron chi connectivity index (χ2n) is 5.86. The monoisotopic (exact) mass is 390 g/mol. The second kappa shape index (κ2) is 8.26. The van der Waals surface area contributed by atoms with Crippen LogP contribution in [0, 0.1) is 0 Å². The van der Waals surface area contributed by atoms with Crippen molar-refractivity contribution in [3.63, 3.8) is 0 Å². The van der Waals surface area contributed by atoms with Gasteiger partial charge in [-0.2, -0.15) is 13.2 Å². The Hall–Kier alpha value is -2.80. The lowest BCUT2D eigenvalue weighted by Crippen LogP contribution is -2.33. The molecule has 3 rings (SSSR count). The summed E-state index contributed by atoms with van der Waals surface area (Å²) in [4.78, 5) is 13.4. The predicted molar refractivity (Wildman–Crippen MR) is 101 cm³/mol. The summed E-state index contributed by atoms with van der Waals surface area (Å²) in [6, 6.07) is 17.8. The molecule has 1 atom stereocenters. The van der Waals surface area contributed by atoms with Gasteiger partial charge in [0, 0.05) is 10.6 Å². The molecule has 1 aromatic heterocycles. The molecule has 0 fully saturated rings. The summed E-state index contributed by atoms with van der Waals surface area (Å²) in [6.45, 7) is -0.129. The highest BCUT2D eigenvalue weighted by Gasteiger charge is 2.30. The van der Waals surface area contributed by atoms with Crippen LogP contribution >= 0.6 is 11.3 Å². The normalized spacial score (nSPS) is 12.4. The van der Waals surface area contributed by atoms with Crippen molar-refractivity contribution in [2.24, 2.45) is 0 Å². The number of thiophene rings is 1. The zero-order valence-corrected chi connectivity index (χ0v) is 15.0. The molecule has 0 aliphatic carbocycles. The van der Waals surface area contributed by atoms with E-state index < -0.39 is 11.7 Å². The van der Waals surface area contributed by atoms with Gasteiger partial charge in [-0.3, -0.25) is 4.79 Å². The van der Waals surface area contributed by atoms with E-state index in [0.717, 1.165) is 22.6 Å². The van der Waals surface area contributed by atoms with E-state index in [1.807, 2.05) is 47.8 Å². The van der Waals surface area contributed by atoms with E-state index in [1.54, 1.807) is 0 Å². The van der Waals surface area contributed by atoms with E-state index in [-0.39, 0.29) is 24.2 Å². The maximum atomic E-state index is 12.8. The van der Waals surface area contributed by atoms with Crippen molar-refractivity contribution in [1.29, 1.82) is 0 Å². The Kier molecular flexibility index (Phi) is 5.81. The number of hydrogen-bond donors (Lipinski definition) is 2. The van der Waals surface area contributed by atoms with Crippen LogP contribution in [0.4, 0.5) is 18.9 Å². The van der Waals surface area contributed by atoms with Gasteiger partial charge in [-0.15, -0.1) is 11.3 Å². The summed E-state index contributed by atoms with van der Waals surface area (Å²) in [6.07, 6.45) is -4.42. The van der Waals surface area contributed by atoms with Crippen LogP contribution in [0.15, 0.2) is 72.1 Å². The minimum atomic E-state index is -4.42. The summed E-state index contributed by atoms with van der Waals surface area (Å²) >= 11 is 1.53. The van der Waals surface area contributed by atoms with Gasteiger partial charge >= 0.3 is 6.18 Å². The number of alkyl halides is 3. The Bertz CT molecular complexity index is 880. The van der Waals surface area contributed by atoms with Crippen LogP contribution in [0.2, 0.25) is 0 Å². The number of hydrogen-bond acceptors (Lipinski definition) is 3. The quantitative estimate of drug-likeness (QED) is 0.616. The molecule has 3 aromatic rings. The largest absolute Gasteiger partial charge is 0.416 e. The molecular weight excluding hydrogens is 373 g/mol. The second-order valence-corrected chi connectivity index (χ2v) is 6.84. The van der Waals surface area contributed by atoms with Crippen LogP contribution in [0.3, 0.4) is 0 Å². The van der Waals surface area contributed by atoms with Crippen LogP contribution < -0.4 is 10.6 Å². The summed E-state index contributed by atoms with van der Waals surface area (Å²) in [5.74, 6) is -0.310. The topological polar surface area (TPSA) is 41.1 Å². The lowest BCUT2D eigenvalue weighted by molar-refractivity contribution is -0.137. The molecule has 0 spiro atoms. The van der Waals surface area contributed by atoms with Crippen molar-refractivity contribution in [1.82, 2.24) is 5.32 Å². The predicted octanol–water partition coefficient (Wildman–Crippen LogP) is 5.08. The van der Waals surface area contributed by atoms with Crippen molar-refractivity contribution < 1.29 is 18.0 Å². The van der Waals surface area contributed by atoms with Gasteiger partial charge < -0.3 is 10.6 Å². The van der Waals surface area contributed by atoms with Gasteiger partial charge in [-0.25, -0.2) is 0 Å². The number of rotatable bonds is 6. The molecule has 0 radical (unpaired) electrons.